The Labute approximate surface area is 148 Å². The molecule has 0 saturated heterocycles. The van der Waals surface area contributed by atoms with Gasteiger partial charge in [0.1, 0.15) is 23.0 Å². The van der Waals surface area contributed by atoms with Gasteiger partial charge in [-0.3, -0.25) is 0 Å². The predicted molar refractivity (Wildman–Crippen MR) is 89.3 cm³/mol. The molecular formula is C17H12FN3O4S. The van der Waals surface area contributed by atoms with E-state index in [1.807, 2.05) is 6.07 Å². The number of sulfonamides is 1. The lowest BCUT2D eigenvalue weighted by atomic mass is 9.98. The number of rotatable bonds is 4. The molecule has 0 bridgehead atoms. The fourth-order valence-electron chi connectivity index (χ4n) is 2.52. The van der Waals surface area contributed by atoms with Crippen molar-refractivity contribution >= 4 is 10.0 Å². The second-order valence-corrected chi connectivity index (χ2v) is 6.90. The third-order valence-electron chi connectivity index (χ3n) is 3.72. The van der Waals surface area contributed by atoms with Crippen LogP contribution in [0.15, 0.2) is 51.9 Å². The fourth-order valence-corrected chi connectivity index (χ4v) is 3.10. The summed E-state index contributed by atoms with van der Waals surface area (Å²) in [6.45, 7) is -0.489. The number of aromatic nitrogens is 1. The first-order chi connectivity index (χ1) is 12.3. The van der Waals surface area contributed by atoms with Crippen molar-refractivity contribution in [2.75, 3.05) is 0 Å². The Morgan fingerprint density at radius 2 is 1.85 bits per heavy atom. The Hall–Kier alpha value is -3.06. The minimum atomic E-state index is -4.20. The van der Waals surface area contributed by atoms with Crippen molar-refractivity contribution in [2.45, 2.75) is 11.5 Å². The van der Waals surface area contributed by atoms with E-state index in [9.17, 15) is 17.9 Å². The average molecular weight is 373 g/mol. The van der Waals surface area contributed by atoms with Gasteiger partial charge in [0.05, 0.1) is 17.2 Å². The predicted octanol–water partition coefficient (Wildman–Crippen LogP) is 2.16. The van der Waals surface area contributed by atoms with Crippen LogP contribution in [0.2, 0.25) is 0 Å². The molecular weight excluding hydrogens is 361 g/mol. The van der Waals surface area contributed by atoms with Crippen LogP contribution in [0, 0.1) is 17.1 Å². The van der Waals surface area contributed by atoms with E-state index in [2.05, 4.69) is 5.16 Å². The average Bonchev–Trinajstić information content (AvgIpc) is 3.04. The molecule has 1 heterocycles. The standard InChI is InChI=1S/C17H12FN3O4S/c18-13-7-12(5-6-15(13)26(20,23)24)16-14(9-22)25-21-17(16)11-3-1-10(8-19)2-4-11/h1-7,22H,9H2,(H2,20,23,24). The maximum atomic E-state index is 14.2. The Balaban J connectivity index is 2.17. The number of hydrogen-bond acceptors (Lipinski definition) is 6. The van der Waals surface area contributed by atoms with Gasteiger partial charge in [0.25, 0.3) is 0 Å². The van der Waals surface area contributed by atoms with Gasteiger partial charge in [-0.25, -0.2) is 17.9 Å². The molecule has 0 spiro atoms. The highest BCUT2D eigenvalue weighted by atomic mass is 32.2. The van der Waals surface area contributed by atoms with Crippen LogP contribution in [-0.2, 0) is 16.6 Å². The van der Waals surface area contributed by atoms with E-state index in [1.54, 1.807) is 24.3 Å². The summed E-state index contributed by atoms with van der Waals surface area (Å²) in [6.07, 6.45) is 0. The zero-order chi connectivity index (χ0) is 18.9. The second-order valence-electron chi connectivity index (χ2n) is 5.37. The van der Waals surface area contributed by atoms with E-state index in [1.165, 1.54) is 6.07 Å². The van der Waals surface area contributed by atoms with Gasteiger partial charge >= 0.3 is 0 Å². The van der Waals surface area contributed by atoms with Gasteiger partial charge in [-0.1, -0.05) is 23.4 Å². The van der Waals surface area contributed by atoms with Gasteiger partial charge in [-0.2, -0.15) is 5.26 Å². The summed E-state index contributed by atoms with van der Waals surface area (Å²) in [4.78, 5) is -0.636. The third kappa shape index (κ3) is 3.21. The van der Waals surface area contributed by atoms with Gasteiger partial charge in [-0.15, -0.1) is 0 Å². The van der Waals surface area contributed by atoms with Gasteiger partial charge in [0, 0.05) is 5.56 Å². The normalized spacial score (nSPS) is 11.3. The second kappa shape index (κ2) is 6.68. The van der Waals surface area contributed by atoms with Crippen LogP contribution in [0.3, 0.4) is 0 Å². The number of halogens is 1. The van der Waals surface area contributed by atoms with Crippen LogP contribution in [0.5, 0.6) is 0 Å². The SMILES string of the molecule is N#Cc1ccc(-c2noc(CO)c2-c2ccc(S(N)(=O)=O)c(F)c2)cc1. The third-order valence-corrected chi connectivity index (χ3v) is 4.67. The molecule has 3 aromatic rings. The summed E-state index contributed by atoms with van der Waals surface area (Å²) in [6, 6.07) is 11.8. The number of hydrogen-bond donors (Lipinski definition) is 2. The van der Waals surface area contributed by atoms with Gasteiger partial charge in [-0.05, 0) is 29.8 Å². The van der Waals surface area contributed by atoms with Gasteiger partial charge in [0.2, 0.25) is 10.0 Å². The molecule has 0 radical (unpaired) electrons. The maximum Gasteiger partial charge on any atom is 0.240 e. The molecule has 7 nitrogen and oxygen atoms in total. The van der Waals surface area contributed by atoms with E-state index >= 15 is 0 Å². The van der Waals surface area contributed by atoms with Crippen LogP contribution >= 0.6 is 0 Å². The number of nitrogens with zero attached hydrogens (tertiary/aromatic N) is 2. The van der Waals surface area contributed by atoms with E-state index in [0.29, 0.717) is 22.4 Å². The minimum absolute atomic E-state index is 0.0899. The molecule has 0 amide bonds. The smallest absolute Gasteiger partial charge is 0.240 e. The number of aliphatic hydroxyl groups excluding tert-OH is 1. The molecule has 0 saturated carbocycles. The molecule has 1 aromatic heterocycles. The van der Waals surface area contributed by atoms with Crippen molar-refractivity contribution in [2.24, 2.45) is 5.14 Å². The lowest BCUT2D eigenvalue weighted by Crippen LogP contribution is -2.14. The number of benzene rings is 2. The van der Waals surface area contributed by atoms with E-state index in [0.717, 1.165) is 12.1 Å². The Bertz CT molecular complexity index is 1120. The highest BCUT2D eigenvalue weighted by Gasteiger charge is 2.22. The zero-order valence-electron chi connectivity index (χ0n) is 13.2. The van der Waals surface area contributed by atoms with Crippen LogP contribution in [0.1, 0.15) is 11.3 Å². The first kappa shape index (κ1) is 17.8. The molecule has 132 valence electrons. The zero-order valence-corrected chi connectivity index (χ0v) is 14.0. The van der Waals surface area contributed by atoms with Crippen LogP contribution in [0.25, 0.3) is 22.4 Å². The number of nitriles is 1. The molecule has 3 N–H and O–H groups in total. The lowest BCUT2D eigenvalue weighted by molar-refractivity contribution is 0.230. The molecule has 0 fully saturated rings. The van der Waals surface area contributed by atoms with Crippen molar-refractivity contribution in [3.63, 3.8) is 0 Å². The van der Waals surface area contributed by atoms with Crippen molar-refractivity contribution in [1.29, 1.82) is 5.26 Å². The molecule has 0 aliphatic carbocycles. The first-order valence-corrected chi connectivity index (χ1v) is 8.82. The van der Waals surface area contributed by atoms with Crippen LogP contribution < -0.4 is 5.14 Å². The number of nitrogens with two attached hydrogens (primary N) is 1. The topological polar surface area (TPSA) is 130 Å². The lowest BCUT2D eigenvalue weighted by Gasteiger charge is -2.06. The summed E-state index contributed by atoms with van der Waals surface area (Å²) in [7, 11) is -4.20. The summed E-state index contributed by atoms with van der Waals surface area (Å²) >= 11 is 0. The monoisotopic (exact) mass is 373 g/mol. The van der Waals surface area contributed by atoms with Crippen molar-refractivity contribution in [3.05, 3.63) is 59.6 Å². The summed E-state index contributed by atoms with van der Waals surface area (Å²) in [5.74, 6) is -0.937. The Morgan fingerprint density at radius 1 is 1.19 bits per heavy atom. The number of primary sulfonamides is 1. The van der Waals surface area contributed by atoms with Crippen LogP contribution in [-0.4, -0.2) is 18.7 Å². The van der Waals surface area contributed by atoms with E-state index in [-0.39, 0.29) is 11.3 Å². The number of aliphatic hydroxyl groups is 1. The van der Waals surface area contributed by atoms with Gasteiger partial charge in [0.15, 0.2) is 5.76 Å². The van der Waals surface area contributed by atoms with E-state index in [4.69, 9.17) is 14.9 Å². The molecule has 3 rings (SSSR count). The molecule has 26 heavy (non-hydrogen) atoms. The van der Waals surface area contributed by atoms with Crippen LogP contribution in [0.4, 0.5) is 4.39 Å². The highest BCUT2D eigenvalue weighted by Crippen LogP contribution is 2.35. The molecule has 0 unspecified atom stereocenters. The Kier molecular flexibility index (Phi) is 4.56. The minimum Gasteiger partial charge on any atom is -0.388 e. The van der Waals surface area contributed by atoms with Gasteiger partial charge < -0.3 is 9.63 Å². The molecule has 9 heteroatoms. The summed E-state index contributed by atoms with van der Waals surface area (Å²) in [5, 5.41) is 27.2. The quantitative estimate of drug-likeness (QED) is 0.721. The molecule has 0 aliphatic rings. The largest absolute Gasteiger partial charge is 0.388 e. The van der Waals surface area contributed by atoms with Crippen molar-refractivity contribution < 1.29 is 22.4 Å². The maximum absolute atomic E-state index is 14.2. The highest BCUT2D eigenvalue weighted by molar-refractivity contribution is 7.89. The molecule has 0 atom stereocenters. The summed E-state index contributed by atoms with van der Waals surface area (Å²) in [5.41, 5.74) is 1.93. The van der Waals surface area contributed by atoms with Crippen molar-refractivity contribution in [1.82, 2.24) is 5.16 Å². The Morgan fingerprint density at radius 3 is 2.38 bits per heavy atom. The van der Waals surface area contributed by atoms with E-state index < -0.39 is 27.3 Å². The summed E-state index contributed by atoms with van der Waals surface area (Å²) < 4.78 is 42.0. The molecule has 2 aromatic carbocycles. The fraction of sp³-hybridized carbons (Fsp3) is 0.0588. The first-order valence-electron chi connectivity index (χ1n) is 7.28. The van der Waals surface area contributed by atoms with Crippen molar-refractivity contribution in [3.8, 4) is 28.5 Å². The molecule has 0 aliphatic heterocycles.